The van der Waals surface area contributed by atoms with Crippen molar-refractivity contribution in [3.63, 3.8) is 0 Å². The van der Waals surface area contributed by atoms with Crippen molar-refractivity contribution in [2.75, 3.05) is 13.7 Å². The lowest BCUT2D eigenvalue weighted by molar-refractivity contribution is 0.322. The first-order chi connectivity index (χ1) is 18.9. The Kier molecular flexibility index (Phi) is 5.91. The lowest BCUT2D eigenvalue weighted by atomic mass is 10.0. The van der Waals surface area contributed by atoms with Crippen LogP contribution >= 0.6 is 0 Å². The van der Waals surface area contributed by atoms with Gasteiger partial charge in [-0.2, -0.15) is 0 Å². The molecule has 0 spiro atoms. The molecule has 0 amide bonds. The third kappa shape index (κ3) is 4.12. The van der Waals surface area contributed by atoms with Gasteiger partial charge in [-0.1, -0.05) is 24.3 Å². The molecule has 198 valence electrons. The molecule has 0 saturated heterocycles. The van der Waals surface area contributed by atoms with E-state index in [1.54, 1.807) is 17.9 Å². The number of aromatic nitrogens is 3. The van der Waals surface area contributed by atoms with Crippen LogP contribution in [0.1, 0.15) is 25.5 Å². The van der Waals surface area contributed by atoms with Crippen molar-refractivity contribution >= 4 is 33.1 Å². The number of benzene rings is 3. The number of hydrogen-bond donors (Lipinski definition) is 3. The maximum Gasteiger partial charge on any atom is 0.274 e. The lowest BCUT2D eigenvalue weighted by Gasteiger charge is -2.11. The number of pyridine rings is 1. The predicted octanol–water partition coefficient (Wildman–Crippen LogP) is 5.50. The van der Waals surface area contributed by atoms with E-state index in [0.29, 0.717) is 45.4 Å². The monoisotopic (exact) mass is 525 g/mol. The highest BCUT2D eigenvalue weighted by atomic mass is 16.5. The number of fused-ring (bicyclic) bond motifs is 4. The fraction of sp³-hybridized carbons (Fsp3) is 0.200. The zero-order chi connectivity index (χ0) is 27.3. The van der Waals surface area contributed by atoms with Crippen LogP contribution in [0.5, 0.6) is 17.2 Å². The number of phenols is 1. The molecule has 6 rings (SSSR count). The van der Waals surface area contributed by atoms with Gasteiger partial charge < -0.3 is 24.0 Å². The summed E-state index contributed by atoms with van der Waals surface area (Å²) in [6.07, 6.45) is 0.740. The minimum atomic E-state index is -0.534. The van der Waals surface area contributed by atoms with Gasteiger partial charge in [-0.15, -0.1) is 0 Å². The average molecular weight is 526 g/mol. The van der Waals surface area contributed by atoms with Crippen LogP contribution in [0.2, 0.25) is 0 Å². The normalized spacial score (nSPS) is 11.7. The highest BCUT2D eigenvalue weighted by molar-refractivity contribution is 6.15. The van der Waals surface area contributed by atoms with Crippen LogP contribution < -0.4 is 20.5 Å². The number of H-pyrrole nitrogens is 2. The topological polar surface area (TPSA) is 122 Å². The molecule has 0 unspecified atom stereocenters. The van der Waals surface area contributed by atoms with E-state index in [1.807, 2.05) is 62.4 Å². The van der Waals surface area contributed by atoms with E-state index < -0.39 is 11.2 Å². The number of aromatic hydroxyl groups is 1. The minimum absolute atomic E-state index is 0.0296. The second kappa shape index (κ2) is 9.43. The van der Waals surface area contributed by atoms with Crippen LogP contribution in [0.4, 0.5) is 0 Å². The summed E-state index contributed by atoms with van der Waals surface area (Å²) in [5, 5.41) is 14.3. The molecular formula is C30H27N3O6. The molecule has 9 heteroatoms. The summed E-state index contributed by atoms with van der Waals surface area (Å²) >= 11 is 0. The molecule has 0 saturated carbocycles. The van der Waals surface area contributed by atoms with E-state index in [-0.39, 0.29) is 17.2 Å². The van der Waals surface area contributed by atoms with Crippen LogP contribution in [0.25, 0.3) is 44.2 Å². The van der Waals surface area contributed by atoms with Gasteiger partial charge in [0.15, 0.2) is 11.2 Å². The average Bonchev–Trinajstić information content (AvgIpc) is 3.48. The number of nitrogens with zero attached hydrogens (tertiary/aromatic N) is 1. The molecule has 0 aliphatic carbocycles. The molecule has 0 aliphatic heterocycles. The zero-order valence-corrected chi connectivity index (χ0v) is 21.7. The third-order valence-corrected chi connectivity index (χ3v) is 6.92. The molecule has 0 bridgehead atoms. The van der Waals surface area contributed by atoms with Crippen molar-refractivity contribution in [2.24, 2.45) is 0 Å². The Morgan fingerprint density at radius 3 is 2.36 bits per heavy atom. The van der Waals surface area contributed by atoms with Gasteiger partial charge in [-0.05, 0) is 61.4 Å². The van der Waals surface area contributed by atoms with E-state index >= 15 is 0 Å². The number of nitrogens with one attached hydrogen (secondary N) is 2. The summed E-state index contributed by atoms with van der Waals surface area (Å²) in [6, 6.07) is 18.2. The molecule has 6 aromatic rings. The fourth-order valence-corrected chi connectivity index (χ4v) is 4.92. The Morgan fingerprint density at radius 1 is 0.949 bits per heavy atom. The molecule has 0 atom stereocenters. The Labute approximate surface area is 222 Å². The number of phenolic OH excluding ortho intramolecular Hbond substituents is 1. The third-order valence-electron chi connectivity index (χ3n) is 6.92. The summed E-state index contributed by atoms with van der Waals surface area (Å²) in [6.45, 7) is 4.43. The second-order valence-corrected chi connectivity index (χ2v) is 9.69. The Balaban J connectivity index is 1.42. The van der Waals surface area contributed by atoms with Crippen LogP contribution in [-0.4, -0.2) is 33.6 Å². The molecule has 3 aromatic carbocycles. The van der Waals surface area contributed by atoms with Crippen molar-refractivity contribution < 1.29 is 19.0 Å². The molecule has 0 fully saturated rings. The summed E-state index contributed by atoms with van der Waals surface area (Å²) in [5.74, 6) is 1.04. The van der Waals surface area contributed by atoms with Crippen molar-refractivity contribution in [3.05, 3.63) is 86.8 Å². The Morgan fingerprint density at radius 2 is 1.67 bits per heavy atom. The number of hydrogen-bond acceptors (Lipinski definition) is 6. The van der Waals surface area contributed by atoms with Gasteiger partial charge >= 0.3 is 0 Å². The SMILES string of the molecule is COc1ccc(CCOc2ccc(-c3c4oc5c(O)c(=O)ccc5c4[nH]c4c3c(=O)[nH]n4C(C)C)cc2)cc1. The van der Waals surface area contributed by atoms with Crippen molar-refractivity contribution in [2.45, 2.75) is 26.3 Å². The largest absolute Gasteiger partial charge is 0.502 e. The first kappa shape index (κ1) is 24.4. The van der Waals surface area contributed by atoms with Crippen molar-refractivity contribution in [3.8, 4) is 28.4 Å². The van der Waals surface area contributed by atoms with Gasteiger partial charge in [0, 0.05) is 23.4 Å². The van der Waals surface area contributed by atoms with Gasteiger partial charge in [0.2, 0.25) is 11.2 Å². The van der Waals surface area contributed by atoms with Crippen LogP contribution in [0.15, 0.2) is 74.7 Å². The van der Waals surface area contributed by atoms with Gasteiger partial charge in [0.25, 0.3) is 5.56 Å². The summed E-state index contributed by atoms with van der Waals surface area (Å²) in [4.78, 5) is 28.6. The number of aromatic amines is 2. The van der Waals surface area contributed by atoms with Crippen LogP contribution in [-0.2, 0) is 6.42 Å². The second-order valence-electron chi connectivity index (χ2n) is 9.69. The Hall–Kier alpha value is -4.92. The zero-order valence-electron chi connectivity index (χ0n) is 21.7. The minimum Gasteiger partial charge on any atom is -0.502 e. The van der Waals surface area contributed by atoms with Crippen molar-refractivity contribution in [1.82, 2.24) is 14.8 Å². The standard InChI is InChI=1S/C30H27N3O6/c1-16(2)33-29-24(30(36)32-33)23(28-25(31-29)21-12-13-22(34)26(35)27(21)39-28)18-6-10-20(11-7-18)38-15-14-17-4-8-19(37-3)9-5-17/h4-13,16,31,35H,14-15H2,1-3H3,(H,32,36). The Bertz CT molecular complexity index is 1940. The van der Waals surface area contributed by atoms with Crippen molar-refractivity contribution in [1.29, 1.82) is 0 Å². The highest BCUT2D eigenvalue weighted by Gasteiger charge is 2.24. The summed E-state index contributed by atoms with van der Waals surface area (Å²) in [5.41, 5.74) is 3.24. The first-order valence-electron chi connectivity index (χ1n) is 12.7. The van der Waals surface area contributed by atoms with E-state index in [2.05, 4.69) is 10.1 Å². The van der Waals surface area contributed by atoms with Gasteiger partial charge in [-0.3, -0.25) is 19.4 Å². The smallest absolute Gasteiger partial charge is 0.274 e. The number of methoxy groups -OCH3 is 1. The van der Waals surface area contributed by atoms with E-state index in [1.165, 1.54) is 6.07 Å². The van der Waals surface area contributed by atoms with Crippen LogP contribution in [0.3, 0.4) is 0 Å². The summed E-state index contributed by atoms with van der Waals surface area (Å²) in [7, 11) is 1.64. The van der Waals surface area contributed by atoms with Gasteiger partial charge in [0.1, 0.15) is 17.1 Å². The predicted molar refractivity (Wildman–Crippen MR) is 150 cm³/mol. The maximum atomic E-state index is 13.2. The summed E-state index contributed by atoms with van der Waals surface area (Å²) < 4.78 is 19.0. The number of rotatable bonds is 7. The first-order valence-corrected chi connectivity index (χ1v) is 12.7. The number of ether oxygens (including phenoxy) is 2. The van der Waals surface area contributed by atoms with Gasteiger partial charge in [0.05, 0.1) is 24.6 Å². The molecule has 3 heterocycles. The quantitative estimate of drug-likeness (QED) is 0.253. The van der Waals surface area contributed by atoms with E-state index in [9.17, 15) is 14.7 Å². The molecule has 0 radical (unpaired) electrons. The molecule has 9 nitrogen and oxygen atoms in total. The van der Waals surface area contributed by atoms with Crippen LogP contribution in [0, 0.1) is 0 Å². The fourth-order valence-electron chi connectivity index (χ4n) is 4.92. The van der Waals surface area contributed by atoms with Gasteiger partial charge in [-0.25, -0.2) is 0 Å². The molecular weight excluding hydrogens is 498 g/mol. The number of furan rings is 1. The molecule has 0 aliphatic rings. The molecule has 39 heavy (non-hydrogen) atoms. The lowest BCUT2D eigenvalue weighted by Crippen LogP contribution is -2.07. The molecule has 3 aromatic heterocycles. The van der Waals surface area contributed by atoms with E-state index in [4.69, 9.17) is 13.9 Å². The molecule has 3 N–H and O–H groups in total. The maximum absolute atomic E-state index is 13.2. The van der Waals surface area contributed by atoms with E-state index in [0.717, 1.165) is 23.3 Å². The highest BCUT2D eigenvalue weighted by Crippen LogP contribution is 2.40.